The maximum atomic E-state index is 11.6. The van der Waals surface area contributed by atoms with Crippen LogP contribution < -0.4 is 5.32 Å². The van der Waals surface area contributed by atoms with Gasteiger partial charge in [0.05, 0.1) is 5.75 Å². The van der Waals surface area contributed by atoms with Crippen molar-refractivity contribution in [3.63, 3.8) is 0 Å². The molecule has 0 saturated heterocycles. The number of nitrogens with one attached hydrogen (secondary N) is 1. The van der Waals surface area contributed by atoms with Crippen LogP contribution in [-0.2, 0) is 9.59 Å². The SMILES string of the molecule is CC[C@H](NC(=O)CSc1nncn1C(C)C)C(=O)O. The molecule has 1 aromatic heterocycles. The Labute approximate surface area is 115 Å². The van der Waals surface area contributed by atoms with Gasteiger partial charge in [0.2, 0.25) is 5.91 Å². The average molecular weight is 286 g/mol. The highest BCUT2D eigenvalue weighted by Gasteiger charge is 2.18. The second-order valence-corrected chi connectivity index (χ2v) is 5.21. The van der Waals surface area contributed by atoms with Gasteiger partial charge in [-0.1, -0.05) is 18.7 Å². The number of carboxylic acid groups (broad SMARTS) is 1. The van der Waals surface area contributed by atoms with Gasteiger partial charge >= 0.3 is 5.97 Å². The Morgan fingerprint density at radius 1 is 1.53 bits per heavy atom. The lowest BCUT2D eigenvalue weighted by Crippen LogP contribution is -2.41. The van der Waals surface area contributed by atoms with Crippen molar-refractivity contribution < 1.29 is 14.7 Å². The van der Waals surface area contributed by atoms with E-state index in [1.54, 1.807) is 13.3 Å². The van der Waals surface area contributed by atoms with Gasteiger partial charge < -0.3 is 15.0 Å². The molecule has 1 atom stereocenters. The van der Waals surface area contributed by atoms with Gasteiger partial charge in [-0.05, 0) is 20.3 Å². The molecular formula is C11H18N4O3S. The topological polar surface area (TPSA) is 97.1 Å². The van der Waals surface area contributed by atoms with E-state index in [-0.39, 0.29) is 17.7 Å². The zero-order valence-electron chi connectivity index (χ0n) is 11.2. The molecule has 0 aromatic carbocycles. The van der Waals surface area contributed by atoms with Gasteiger partial charge in [-0.2, -0.15) is 0 Å². The first-order valence-corrected chi connectivity index (χ1v) is 6.98. The molecular weight excluding hydrogens is 268 g/mol. The summed E-state index contributed by atoms with van der Waals surface area (Å²) < 4.78 is 1.85. The number of nitrogens with zero attached hydrogens (tertiary/aromatic N) is 3. The van der Waals surface area contributed by atoms with E-state index < -0.39 is 12.0 Å². The van der Waals surface area contributed by atoms with Crippen molar-refractivity contribution in [1.29, 1.82) is 0 Å². The van der Waals surface area contributed by atoms with Gasteiger partial charge in [0, 0.05) is 6.04 Å². The van der Waals surface area contributed by atoms with Crippen molar-refractivity contribution in [2.75, 3.05) is 5.75 Å². The van der Waals surface area contributed by atoms with Gasteiger partial charge in [0.25, 0.3) is 0 Å². The summed E-state index contributed by atoms with van der Waals surface area (Å²) in [7, 11) is 0. The first kappa shape index (κ1) is 15.5. The molecule has 7 nitrogen and oxygen atoms in total. The van der Waals surface area contributed by atoms with Gasteiger partial charge in [0.1, 0.15) is 12.4 Å². The average Bonchev–Trinajstić information content (AvgIpc) is 2.81. The molecule has 1 amide bonds. The fourth-order valence-electron chi connectivity index (χ4n) is 1.39. The largest absolute Gasteiger partial charge is 0.480 e. The first-order valence-electron chi connectivity index (χ1n) is 6.00. The van der Waals surface area contributed by atoms with E-state index in [9.17, 15) is 9.59 Å². The summed E-state index contributed by atoms with van der Waals surface area (Å²) in [6.07, 6.45) is 1.96. The molecule has 0 saturated carbocycles. The van der Waals surface area contributed by atoms with Crippen molar-refractivity contribution in [3.05, 3.63) is 6.33 Å². The van der Waals surface area contributed by atoms with Crippen molar-refractivity contribution in [2.24, 2.45) is 0 Å². The fourth-order valence-corrected chi connectivity index (χ4v) is 2.25. The number of carbonyl (C=O) groups is 2. The van der Waals surface area contributed by atoms with E-state index in [2.05, 4.69) is 15.5 Å². The molecule has 1 heterocycles. The predicted octanol–water partition coefficient (Wildman–Crippen LogP) is 0.930. The Bertz CT molecular complexity index is 447. The Morgan fingerprint density at radius 2 is 2.21 bits per heavy atom. The number of amides is 1. The number of aliphatic carboxylic acids is 1. The summed E-state index contributed by atoms with van der Waals surface area (Å²) in [5, 5.41) is 19.7. The molecule has 8 heteroatoms. The van der Waals surface area contributed by atoms with Crippen LogP contribution in [0, 0.1) is 0 Å². The lowest BCUT2D eigenvalue weighted by Gasteiger charge is -2.12. The summed E-state index contributed by atoms with van der Waals surface area (Å²) in [5.41, 5.74) is 0. The molecule has 0 aliphatic heterocycles. The third-order valence-corrected chi connectivity index (χ3v) is 3.43. The standard InChI is InChI=1S/C11H18N4O3S/c1-4-8(10(17)18)13-9(16)5-19-11-14-12-6-15(11)7(2)3/h6-8H,4-5H2,1-3H3,(H,13,16)(H,17,18)/t8-/m0/s1. The lowest BCUT2D eigenvalue weighted by atomic mass is 10.2. The minimum Gasteiger partial charge on any atom is -0.480 e. The van der Waals surface area contributed by atoms with Crippen LogP contribution in [0.15, 0.2) is 11.5 Å². The summed E-state index contributed by atoms with van der Waals surface area (Å²) in [6, 6.07) is -0.626. The number of carbonyl (C=O) groups excluding carboxylic acids is 1. The molecule has 0 fully saturated rings. The molecule has 19 heavy (non-hydrogen) atoms. The third kappa shape index (κ3) is 4.55. The van der Waals surface area contributed by atoms with E-state index in [0.29, 0.717) is 11.6 Å². The van der Waals surface area contributed by atoms with E-state index in [1.165, 1.54) is 11.8 Å². The summed E-state index contributed by atoms with van der Waals surface area (Å²) in [4.78, 5) is 22.4. The Kier molecular flexibility index (Phi) is 5.81. The Morgan fingerprint density at radius 3 is 2.74 bits per heavy atom. The van der Waals surface area contributed by atoms with Crippen LogP contribution in [0.3, 0.4) is 0 Å². The van der Waals surface area contributed by atoms with E-state index in [0.717, 1.165) is 0 Å². The molecule has 106 valence electrons. The summed E-state index contributed by atoms with van der Waals surface area (Å²) >= 11 is 1.24. The fraction of sp³-hybridized carbons (Fsp3) is 0.636. The molecule has 2 N–H and O–H groups in total. The van der Waals surface area contributed by atoms with E-state index in [1.807, 2.05) is 18.4 Å². The molecule has 0 radical (unpaired) electrons. The van der Waals surface area contributed by atoms with Gasteiger partial charge in [-0.25, -0.2) is 4.79 Å². The van der Waals surface area contributed by atoms with Crippen LogP contribution in [0.4, 0.5) is 0 Å². The quantitative estimate of drug-likeness (QED) is 0.724. The minimum atomic E-state index is -1.02. The zero-order valence-corrected chi connectivity index (χ0v) is 12.0. The molecule has 0 aliphatic rings. The molecule has 1 rings (SSSR count). The Balaban J connectivity index is 2.50. The first-order chi connectivity index (χ1) is 8.95. The molecule has 0 bridgehead atoms. The maximum Gasteiger partial charge on any atom is 0.326 e. The number of hydrogen-bond donors (Lipinski definition) is 2. The van der Waals surface area contributed by atoms with Crippen LogP contribution in [0.25, 0.3) is 0 Å². The van der Waals surface area contributed by atoms with Gasteiger partial charge in [0.15, 0.2) is 5.16 Å². The van der Waals surface area contributed by atoms with Crippen molar-refractivity contribution in [1.82, 2.24) is 20.1 Å². The van der Waals surface area contributed by atoms with Crippen molar-refractivity contribution >= 4 is 23.6 Å². The van der Waals surface area contributed by atoms with Crippen LogP contribution >= 0.6 is 11.8 Å². The van der Waals surface area contributed by atoms with Crippen molar-refractivity contribution in [2.45, 2.75) is 44.4 Å². The van der Waals surface area contributed by atoms with E-state index in [4.69, 9.17) is 5.11 Å². The molecule has 0 unspecified atom stereocenters. The lowest BCUT2D eigenvalue weighted by molar-refractivity contribution is -0.141. The number of hydrogen-bond acceptors (Lipinski definition) is 5. The maximum absolute atomic E-state index is 11.6. The third-order valence-electron chi connectivity index (χ3n) is 2.47. The van der Waals surface area contributed by atoms with Crippen LogP contribution in [0.2, 0.25) is 0 Å². The van der Waals surface area contributed by atoms with Gasteiger partial charge in [-0.3, -0.25) is 4.79 Å². The normalized spacial score (nSPS) is 12.4. The number of thioether (sulfide) groups is 1. The monoisotopic (exact) mass is 286 g/mol. The summed E-state index contributed by atoms with van der Waals surface area (Å²) in [6.45, 7) is 5.69. The summed E-state index contributed by atoms with van der Waals surface area (Å²) in [5.74, 6) is -1.22. The van der Waals surface area contributed by atoms with Crippen LogP contribution in [-0.4, -0.2) is 43.5 Å². The molecule has 0 spiro atoms. The number of aromatic nitrogens is 3. The van der Waals surface area contributed by atoms with Crippen LogP contribution in [0.1, 0.15) is 33.2 Å². The van der Waals surface area contributed by atoms with Gasteiger partial charge in [-0.15, -0.1) is 10.2 Å². The predicted molar refractivity (Wildman–Crippen MR) is 71.0 cm³/mol. The van der Waals surface area contributed by atoms with Crippen molar-refractivity contribution in [3.8, 4) is 0 Å². The van der Waals surface area contributed by atoms with Crippen LogP contribution in [0.5, 0.6) is 0 Å². The smallest absolute Gasteiger partial charge is 0.326 e. The highest BCUT2D eigenvalue weighted by Crippen LogP contribution is 2.18. The zero-order chi connectivity index (χ0) is 14.4. The Hall–Kier alpha value is -1.57. The minimum absolute atomic E-state index is 0.120. The molecule has 1 aromatic rings. The van der Waals surface area contributed by atoms with E-state index >= 15 is 0 Å². The number of carboxylic acids is 1. The molecule has 0 aliphatic carbocycles. The highest BCUT2D eigenvalue weighted by molar-refractivity contribution is 7.99. The number of rotatable bonds is 7. The highest BCUT2D eigenvalue weighted by atomic mass is 32.2. The second kappa shape index (κ2) is 7.13. The second-order valence-electron chi connectivity index (χ2n) is 4.27.